The molecule has 0 aromatic heterocycles. The summed E-state index contributed by atoms with van der Waals surface area (Å²) in [5.41, 5.74) is 0.684. The second-order valence-electron chi connectivity index (χ2n) is 2.49. The van der Waals surface area contributed by atoms with Gasteiger partial charge in [-0.25, -0.2) is 0 Å². The predicted molar refractivity (Wildman–Crippen MR) is 61.9 cm³/mol. The summed E-state index contributed by atoms with van der Waals surface area (Å²) in [6.07, 6.45) is 0.500. The van der Waals surface area contributed by atoms with E-state index in [0.717, 1.165) is 4.47 Å². The average molecular weight is 326 g/mol. The van der Waals surface area contributed by atoms with E-state index in [9.17, 15) is 4.79 Å². The van der Waals surface area contributed by atoms with E-state index in [0.29, 0.717) is 22.3 Å². The number of Topliss-reactive ketones (excluding diaryl/α,β-unsaturated/α-hetero) is 1. The van der Waals surface area contributed by atoms with Crippen LogP contribution in [0.3, 0.4) is 0 Å². The van der Waals surface area contributed by atoms with Crippen molar-refractivity contribution < 1.29 is 4.79 Å². The largest absolute Gasteiger partial charge is 0.294 e. The van der Waals surface area contributed by atoms with E-state index in [1.807, 2.05) is 0 Å². The first-order valence-corrected chi connectivity index (χ1v) is 5.98. The van der Waals surface area contributed by atoms with Gasteiger partial charge in [0.1, 0.15) is 0 Å². The van der Waals surface area contributed by atoms with Crippen LogP contribution >= 0.6 is 43.5 Å². The molecular formula is C9H7Br2ClO. The minimum atomic E-state index is 0.111. The van der Waals surface area contributed by atoms with Crippen LogP contribution in [0.4, 0.5) is 0 Å². The number of hydrogen-bond acceptors (Lipinski definition) is 1. The van der Waals surface area contributed by atoms with Gasteiger partial charge in [0, 0.05) is 26.8 Å². The average Bonchev–Trinajstić information content (AvgIpc) is 2.04. The number of alkyl halides is 1. The molecule has 0 atom stereocenters. The summed E-state index contributed by atoms with van der Waals surface area (Å²) in [5.74, 6) is 0.111. The Morgan fingerprint density at radius 2 is 2.15 bits per heavy atom. The Morgan fingerprint density at radius 3 is 2.69 bits per heavy atom. The Balaban J connectivity index is 2.95. The van der Waals surface area contributed by atoms with Crippen molar-refractivity contribution in [1.29, 1.82) is 0 Å². The lowest BCUT2D eigenvalue weighted by Crippen LogP contribution is -2.00. The monoisotopic (exact) mass is 324 g/mol. The molecule has 0 unspecified atom stereocenters. The number of benzene rings is 1. The van der Waals surface area contributed by atoms with Gasteiger partial charge in [-0.3, -0.25) is 4.79 Å². The van der Waals surface area contributed by atoms with Crippen molar-refractivity contribution >= 4 is 49.2 Å². The molecule has 1 aromatic rings. The van der Waals surface area contributed by atoms with Gasteiger partial charge in [0.05, 0.1) is 0 Å². The first-order valence-electron chi connectivity index (χ1n) is 3.69. The van der Waals surface area contributed by atoms with E-state index < -0.39 is 0 Å². The maximum atomic E-state index is 11.5. The molecule has 0 radical (unpaired) electrons. The van der Waals surface area contributed by atoms with Crippen molar-refractivity contribution in [2.75, 3.05) is 5.33 Å². The van der Waals surface area contributed by atoms with E-state index >= 15 is 0 Å². The molecule has 1 nitrogen and oxygen atoms in total. The molecule has 0 aliphatic rings. The number of halogens is 3. The lowest BCUT2D eigenvalue weighted by atomic mass is 10.1. The Kier molecular flexibility index (Phi) is 4.42. The van der Waals surface area contributed by atoms with Gasteiger partial charge < -0.3 is 0 Å². The van der Waals surface area contributed by atoms with Crippen molar-refractivity contribution in [2.24, 2.45) is 0 Å². The fraction of sp³-hybridized carbons (Fsp3) is 0.222. The second-order valence-corrected chi connectivity index (χ2v) is 4.57. The summed E-state index contributed by atoms with van der Waals surface area (Å²) in [6, 6.07) is 5.17. The highest BCUT2D eigenvalue weighted by Crippen LogP contribution is 2.22. The second kappa shape index (κ2) is 5.13. The molecule has 0 N–H and O–H groups in total. The van der Waals surface area contributed by atoms with Crippen molar-refractivity contribution in [1.82, 2.24) is 0 Å². The van der Waals surface area contributed by atoms with Crippen molar-refractivity contribution in [3.63, 3.8) is 0 Å². The van der Waals surface area contributed by atoms with Crippen molar-refractivity contribution in [3.8, 4) is 0 Å². The highest BCUT2D eigenvalue weighted by atomic mass is 79.9. The quantitative estimate of drug-likeness (QED) is 0.604. The van der Waals surface area contributed by atoms with Gasteiger partial charge in [-0.1, -0.05) is 27.5 Å². The smallest absolute Gasteiger partial charge is 0.164 e. The molecule has 0 bridgehead atoms. The topological polar surface area (TPSA) is 17.1 Å². The SMILES string of the molecule is O=C(CCBr)c1ccc(Cl)cc1Br. The Bertz CT molecular complexity index is 325. The summed E-state index contributed by atoms with van der Waals surface area (Å²) in [5, 5.41) is 1.31. The summed E-state index contributed by atoms with van der Waals surface area (Å²) in [6.45, 7) is 0. The molecule has 0 aliphatic heterocycles. The number of carbonyl (C=O) groups excluding carboxylic acids is 1. The van der Waals surface area contributed by atoms with Gasteiger partial charge in [0.15, 0.2) is 5.78 Å². The lowest BCUT2D eigenvalue weighted by Gasteiger charge is -2.01. The standard InChI is InChI=1S/C9H7Br2ClO/c10-4-3-9(13)7-2-1-6(12)5-8(7)11/h1-2,5H,3-4H2. The number of ketones is 1. The van der Waals surface area contributed by atoms with E-state index in [2.05, 4.69) is 31.9 Å². The molecule has 0 spiro atoms. The van der Waals surface area contributed by atoms with Crippen LogP contribution in [0, 0.1) is 0 Å². The van der Waals surface area contributed by atoms with E-state index in [1.54, 1.807) is 18.2 Å². The molecule has 0 fully saturated rings. The van der Waals surface area contributed by atoms with Crippen LogP contribution in [-0.4, -0.2) is 11.1 Å². The third kappa shape index (κ3) is 3.08. The normalized spacial score (nSPS) is 10.1. The van der Waals surface area contributed by atoms with Gasteiger partial charge in [-0.15, -0.1) is 0 Å². The Morgan fingerprint density at radius 1 is 1.46 bits per heavy atom. The molecule has 70 valence electrons. The number of carbonyl (C=O) groups is 1. The third-order valence-corrected chi connectivity index (χ3v) is 2.84. The molecular weight excluding hydrogens is 319 g/mol. The molecule has 1 rings (SSSR count). The molecule has 0 saturated carbocycles. The van der Waals surface area contributed by atoms with Gasteiger partial charge >= 0.3 is 0 Å². The number of rotatable bonds is 3. The highest BCUT2D eigenvalue weighted by molar-refractivity contribution is 9.10. The minimum Gasteiger partial charge on any atom is -0.294 e. The van der Waals surface area contributed by atoms with Crippen LogP contribution in [0.1, 0.15) is 16.8 Å². The zero-order valence-electron chi connectivity index (χ0n) is 6.69. The fourth-order valence-electron chi connectivity index (χ4n) is 0.936. The van der Waals surface area contributed by atoms with E-state index in [4.69, 9.17) is 11.6 Å². The molecule has 0 saturated heterocycles. The van der Waals surface area contributed by atoms with Gasteiger partial charge in [0.25, 0.3) is 0 Å². The zero-order valence-corrected chi connectivity index (χ0v) is 10.6. The minimum absolute atomic E-state index is 0.111. The molecule has 0 heterocycles. The lowest BCUT2D eigenvalue weighted by molar-refractivity contribution is 0.0989. The van der Waals surface area contributed by atoms with Gasteiger partial charge in [-0.05, 0) is 34.1 Å². The van der Waals surface area contributed by atoms with Crippen molar-refractivity contribution in [3.05, 3.63) is 33.3 Å². The maximum Gasteiger partial charge on any atom is 0.164 e. The van der Waals surface area contributed by atoms with E-state index in [1.165, 1.54) is 0 Å². The summed E-state index contributed by atoms with van der Waals surface area (Å²) in [4.78, 5) is 11.5. The Labute approximate surface area is 98.7 Å². The maximum absolute atomic E-state index is 11.5. The van der Waals surface area contributed by atoms with Crippen LogP contribution in [0.25, 0.3) is 0 Å². The van der Waals surface area contributed by atoms with Crippen LogP contribution in [0.5, 0.6) is 0 Å². The molecule has 0 amide bonds. The zero-order chi connectivity index (χ0) is 9.84. The number of hydrogen-bond donors (Lipinski definition) is 0. The summed E-state index contributed by atoms with van der Waals surface area (Å²) in [7, 11) is 0. The highest BCUT2D eigenvalue weighted by Gasteiger charge is 2.08. The summed E-state index contributed by atoms with van der Waals surface area (Å²) >= 11 is 12.3. The molecule has 4 heteroatoms. The first-order chi connectivity index (χ1) is 6.15. The Hall–Kier alpha value is 0.140. The molecule has 13 heavy (non-hydrogen) atoms. The van der Waals surface area contributed by atoms with Crippen LogP contribution in [0.15, 0.2) is 22.7 Å². The van der Waals surface area contributed by atoms with Gasteiger partial charge in [0.2, 0.25) is 0 Å². The predicted octanol–water partition coefficient (Wildman–Crippen LogP) is 4.07. The van der Waals surface area contributed by atoms with Crippen molar-refractivity contribution in [2.45, 2.75) is 6.42 Å². The molecule has 0 aliphatic carbocycles. The van der Waals surface area contributed by atoms with E-state index in [-0.39, 0.29) is 5.78 Å². The fourth-order valence-corrected chi connectivity index (χ4v) is 2.20. The summed E-state index contributed by atoms with van der Waals surface area (Å²) < 4.78 is 0.756. The third-order valence-electron chi connectivity index (χ3n) is 1.55. The first kappa shape index (κ1) is 11.2. The van der Waals surface area contributed by atoms with Gasteiger partial charge in [-0.2, -0.15) is 0 Å². The van der Waals surface area contributed by atoms with Crippen LogP contribution < -0.4 is 0 Å². The molecule has 1 aromatic carbocycles. The van der Waals surface area contributed by atoms with Crippen LogP contribution in [0.2, 0.25) is 5.02 Å². The van der Waals surface area contributed by atoms with Crippen LogP contribution in [-0.2, 0) is 0 Å².